The number of rotatable bonds is 2. The van der Waals surface area contributed by atoms with Crippen LogP contribution in [0.4, 0.5) is 0 Å². The van der Waals surface area contributed by atoms with E-state index in [1.165, 1.54) is 0 Å². The molecule has 2 heterocycles. The van der Waals surface area contributed by atoms with Gasteiger partial charge in [-0.1, -0.05) is 0 Å². The van der Waals surface area contributed by atoms with E-state index in [2.05, 4.69) is 0 Å². The molecule has 0 aromatic heterocycles. The number of hydrogen-bond donors (Lipinski definition) is 1. The number of β-amino-alcohol motifs (C(OH)–C–C–N with tert-alkyl or cyclic N) is 1. The molecule has 1 aliphatic carbocycles. The standard InChI is InChI=1S/C12H18N2O3/c1-13-5-8(4-10(13)15)11(16)14-6-12(17,7-14)9-2-3-9/h8-9,17H,2-7H2,1H3. The molecule has 94 valence electrons. The smallest absolute Gasteiger partial charge is 0.228 e. The molecule has 1 saturated carbocycles. The first-order valence-corrected chi connectivity index (χ1v) is 6.25. The van der Waals surface area contributed by atoms with Crippen LogP contribution in [-0.2, 0) is 9.59 Å². The van der Waals surface area contributed by atoms with Gasteiger partial charge in [-0.05, 0) is 18.8 Å². The van der Waals surface area contributed by atoms with Crippen molar-refractivity contribution < 1.29 is 14.7 Å². The third-order valence-corrected chi connectivity index (χ3v) is 4.27. The Morgan fingerprint density at radius 3 is 2.53 bits per heavy atom. The van der Waals surface area contributed by atoms with Crippen LogP contribution in [0.15, 0.2) is 0 Å². The highest BCUT2D eigenvalue weighted by Gasteiger charge is 2.54. The number of hydrogen-bond acceptors (Lipinski definition) is 3. The van der Waals surface area contributed by atoms with Crippen molar-refractivity contribution in [3.05, 3.63) is 0 Å². The van der Waals surface area contributed by atoms with Crippen molar-refractivity contribution in [1.29, 1.82) is 0 Å². The van der Waals surface area contributed by atoms with Crippen molar-refractivity contribution in [2.45, 2.75) is 24.9 Å². The van der Waals surface area contributed by atoms with Gasteiger partial charge in [-0.3, -0.25) is 9.59 Å². The van der Waals surface area contributed by atoms with E-state index in [0.717, 1.165) is 12.8 Å². The Balaban J connectivity index is 1.56. The van der Waals surface area contributed by atoms with Gasteiger partial charge in [0.1, 0.15) is 5.60 Å². The van der Waals surface area contributed by atoms with Crippen molar-refractivity contribution in [1.82, 2.24) is 9.80 Å². The van der Waals surface area contributed by atoms with Gasteiger partial charge < -0.3 is 14.9 Å². The Labute approximate surface area is 100 Å². The number of nitrogens with zero attached hydrogens (tertiary/aromatic N) is 2. The van der Waals surface area contributed by atoms with Crippen LogP contribution >= 0.6 is 0 Å². The molecule has 0 aromatic carbocycles. The quantitative estimate of drug-likeness (QED) is 0.702. The van der Waals surface area contributed by atoms with Crippen molar-refractivity contribution >= 4 is 11.8 Å². The minimum atomic E-state index is -0.621. The van der Waals surface area contributed by atoms with Crippen molar-refractivity contribution in [2.24, 2.45) is 11.8 Å². The molecule has 0 radical (unpaired) electrons. The Bertz CT molecular complexity index is 372. The van der Waals surface area contributed by atoms with Crippen molar-refractivity contribution in [2.75, 3.05) is 26.7 Å². The molecule has 0 bridgehead atoms. The average molecular weight is 238 g/mol. The highest BCUT2D eigenvalue weighted by molar-refractivity contribution is 5.89. The summed E-state index contributed by atoms with van der Waals surface area (Å²) in [7, 11) is 1.73. The second-order valence-corrected chi connectivity index (χ2v) is 5.75. The van der Waals surface area contributed by atoms with Crippen molar-refractivity contribution in [3.8, 4) is 0 Å². The Hall–Kier alpha value is -1.10. The lowest BCUT2D eigenvalue weighted by atomic mass is 9.87. The number of likely N-dealkylation sites (tertiary alicyclic amines) is 2. The van der Waals surface area contributed by atoms with Crippen LogP contribution in [0.3, 0.4) is 0 Å². The maximum Gasteiger partial charge on any atom is 0.228 e. The van der Waals surface area contributed by atoms with Gasteiger partial charge in [0.25, 0.3) is 0 Å². The van der Waals surface area contributed by atoms with E-state index in [9.17, 15) is 14.7 Å². The van der Waals surface area contributed by atoms with E-state index in [1.807, 2.05) is 0 Å². The second-order valence-electron chi connectivity index (χ2n) is 5.75. The summed E-state index contributed by atoms with van der Waals surface area (Å²) in [6.07, 6.45) is 2.50. The summed E-state index contributed by atoms with van der Waals surface area (Å²) in [6, 6.07) is 0. The zero-order valence-electron chi connectivity index (χ0n) is 10.1. The molecule has 5 heteroatoms. The number of carbonyl (C=O) groups excluding carboxylic acids is 2. The summed E-state index contributed by atoms with van der Waals surface area (Å²) in [6.45, 7) is 1.45. The summed E-state index contributed by atoms with van der Waals surface area (Å²) in [5.41, 5.74) is -0.621. The number of carbonyl (C=O) groups is 2. The van der Waals surface area contributed by atoms with Gasteiger partial charge in [-0.15, -0.1) is 0 Å². The molecule has 0 spiro atoms. The molecule has 1 N–H and O–H groups in total. The molecule has 2 amide bonds. The molecule has 2 saturated heterocycles. The molecule has 1 atom stereocenters. The number of amides is 2. The van der Waals surface area contributed by atoms with Crippen LogP contribution in [0, 0.1) is 11.8 Å². The highest BCUT2D eigenvalue weighted by Crippen LogP contribution is 2.44. The zero-order valence-corrected chi connectivity index (χ0v) is 10.1. The molecule has 3 aliphatic rings. The predicted molar refractivity (Wildman–Crippen MR) is 60.0 cm³/mol. The van der Waals surface area contributed by atoms with Gasteiger partial charge in [0.15, 0.2) is 0 Å². The maximum atomic E-state index is 12.1. The second kappa shape index (κ2) is 3.45. The van der Waals surface area contributed by atoms with Crippen LogP contribution in [0.1, 0.15) is 19.3 Å². The summed E-state index contributed by atoms with van der Waals surface area (Å²) in [4.78, 5) is 26.8. The fraction of sp³-hybridized carbons (Fsp3) is 0.833. The van der Waals surface area contributed by atoms with Gasteiger partial charge in [-0.25, -0.2) is 0 Å². The first kappa shape index (κ1) is 11.0. The summed E-state index contributed by atoms with van der Waals surface area (Å²) in [5, 5.41) is 10.1. The lowest BCUT2D eigenvalue weighted by Crippen LogP contribution is -2.65. The third-order valence-electron chi connectivity index (χ3n) is 4.27. The average Bonchev–Trinajstić information content (AvgIpc) is 3.02. The maximum absolute atomic E-state index is 12.1. The minimum absolute atomic E-state index is 0.0352. The Kier molecular flexibility index (Phi) is 2.23. The van der Waals surface area contributed by atoms with Gasteiger partial charge in [0.05, 0.1) is 19.0 Å². The molecule has 1 unspecified atom stereocenters. The fourth-order valence-corrected chi connectivity index (χ4v) is 2.94. The molecule has 3 rings (SSSR count). The topological polar surface area (TPSA) is 60.9 Å². The van der Waals surface area contributed by atoms with Crippen LogP contribution < -0.4 is 0 Å². The Morgan fingerprint density at radius 1 is 1.41 bits per heavy atom. The lowest BCUT2D eigenvalue weighted by Gasteiger charge is -2.47. The van der Waals surface area contributed by atoms with Crippen LogP contribution in [0.2, 0.25) is 0 Å². The van der Waals surface area contributed by atoms with Gasteiger partial charge >= 0.3 is 0 Å². The molecular formula is C12H18N2O3. The summed E-state index contributed by atoms with van der Waals surface area (Å²) in [5.74, 6) is 0.282. The minimum Gasteiger partial charge on any atom is -0.386 e. The Morgan fingerprint density at radius 2 is 2.06 bits per heavy atom. The van der Waals surface area contributed by atoms with Crippen LogP contribution in [-0.4, -0.2) is 59.0 Å². The van der Waals surface area contributed by atoms with Crippen LogP contribution in [0.5, 0.6) is 0 Å². The van der Waals surface area contributed by atoms with Gasteiger partial charge in [0, 0.05) is 20.0 Å². The molecule has 2 aliphatic heterocycles. The number of aliphatic hydroxyl groups is 1. The van der Waals surface area contributed by atoms with Crippen molar-refractivity contribution in [3.63, 3.8) is 0 Å². The predicted octanol–water partition coefficient (Wildman–Crippen LogP) is -0.552. The van der Waals surface area contributed by atoms with E-state index >= 15 is 0 Å². The molecule has 3 fully saturated rings. The normalized spacial score (nSPS) is 31.6. The first-order valence-electron chi connectivity index (χ1n) is 6.25. The van der Waals surface area contributed by atoms with E-state index < -0.39 is 5.60 Å². The molecule has 17 heavy (non-hydrogen) atoms. The fourth-order valence-electron chi connectivity index (χ4n) is 2.94. The van der Waals surface area contributed by atoms with Gasteiger partial charge in [0.2, 0.25) is 11.8 Å². The molecule has 5 nitrogen and oxygen atoms in total. The van der Waals surface area contributed by atoms with E-state index in [-0.39, 0.29) is 17.7 Å². The summed E-state index contributed by atoms with van der Waals surface area (Å²) >= 11 is 0. The van der Waals surface area contributed by atoms with Crippen LogP contribution in [0.25, 0.3) is 0 Å². The monoisotopic (exact) mass is 238 g/mol. The third kappa shape index (κ3) is 1.73. The van der Waals surface area contributed by atoms with E-state index in [1.54, 1.807) is 16.8 Å². The zero-order chi connectivity index (χ0) is 12.2. The SMILES string of the molecule is CN1CC(C(=O)N2CC(O)(C3CC3)C2)CC1=O. The largest absolute Gasteiger partial charge is 0.386 e. The molecular weight excluding hydrogens is 220 g/mol. The highest BCUT2D eigenvalue weighted by atomic mass is 16.3. The summed E-state index contributed by atoms with van der Waals surface area (Å²) < 4.78 is 0. The lowest BCUT2D eigenvalue weighted by molar-refractivity contribution is -0.163. The van der Waals surface area contributed by atoms with E-state index in [4.69, 9.17) is 0 Å². The van der Waals surface area contributed by atoms with Gasteiger partial charge in [-0.2, -0.15) is 0 Å². The first-order chi connectivity index (χ1) is 7.99. The molecule has 0 aromatic rings. The van der Waals surface area contributed by atoms with E-state index in [0.29, 0.717) is 32.0 Å².